The third kappa shape index (κ3) is 6.09. The van der Waals surface area contributed by atoms with Gasteiger partial charge in [-0.15, -0.1) is 0 Å². The Morgan fingerprint density at radius 3 is 2.50 bits per heavy atom. The second-order valence-corrected chi connectivity index (χ2v) is 9.74. The fourth-order valence-corrected chi connectivity index (χ4v) is 4.70. The molecular formula is C27H29Cl2N3O2. The fourth-order valence-electron chi connectivity index (χ4n) is 4.40. The number of nitrogens with one attached hydrogen (secondary N) is 2. The Hall–Kier alpha value is -2.60. The predicted octanol–water partition coefficient (Wildman–Crippen LogP) is 5.29. The molecule has 4 rings (SSSR count). The summed E-state index contributed by atoms with van der Waals surface area (Å²) < 4.78 is 0. The van der Waals surface area contributed by atoms with E-state index in [1.165, 1.54) is 22.4 Å². The van der Waals surface area contributed by atoms with Crippen LogP contribution in [0.4, 0.5) is 0 Å². The molecule has 3 aromatic carbocycles. The quantitative estimate of drug-likeness (QED) is 0.465. The number of nitrogens with zero attached hydrogens (tertiary/aromatic N) is 1. The smallest absolute Gasteiger partial charge is 0.251 e. The maximum Gasteiger partial charge on any atom is 0.251 e. The van der Waals surface area contributed by atoms with E-state index < -0.39 is 6.04 Å². The molecule has 0 radical (unpaired) electrons. The van der Waals surface area contributed by atoms with Gasteiger partial charge in [0, 0.05) is 18.7 Å². The van der Waals surface area contributed by atoms with Gasteiger partial charge in [-0.2, -0.15) is 0 Å². The minimum absolute atomic E-state index is 0.188. The molecule has 5 nitrogen and oxygen atoms in total. The highest BCUT2D eigenvalue weighted by Crippen LogP contribution is 2.24. The molecule has 1 saturated heterocycles. The second kappa shape index (κ2) is 11.2. The van der Waals surface area contributed by atoms with Gasteiger partial charge < -0.3 is 10.6 Å². The van der Waals surface area contributed by atoms with Gasteiger partial charge in [-0.1, -0.05) is 65.7 Å². The highest BCUT2D eigenvalue weighted by molar-refractivity contribution is 6.42. The van der Waals surface area contributed by atoms with Gasteiger partial charge in [-0.05, 0) is 73.3 Å². The topological polar surface area (TPSA) is 61.4 Å². The Morgan fingerprint density at radius 2 is 1.74 bits per heavy atom. The van der Waals surface area contributed by atoms with E-state index in [0.29, 0.717) is 28.1 Å². The van der Waals surface area contributed by atoms with Crippen molar-refractivity contribution in [2.45, 2.75) is 32.4 Å². The molecule has 0 bridgehead atoms. The van der Waals surface area contributed by atoms with Gasteiger partial charge >= 0.3 is 0 Å². The lowest BCUT2D eigenvalue weighted by Crippen LogP contribution is -2.47. The van der Waals surface area contributed by atoms with Crippen molar-refractivity contribution >= 4 is 45.8 Å². The van der Waals surface area contributed by atoms with Gasteiger partial charge in [-0.25, -0.2) is 0 Å². The van der Waals surface area contributed by atoms with E-state index in [1.54, 1.807) is 19.1 Å². The molecule has 0 unspecified atom stereocenters. The molecule has 3 aromatic rings. The highest BCUT2D eigenvalue weighted by Gasteiger charge is 2.22. The maximum atomic E-state index is 12.5. The van der Waals surface area contributed by atoms with Gasteiger partial charge in [0.2, 0.25) is 5.91 Å². The van der Waals surface area contributed by atoms with Crippen molar-refractivity contribution in [1.29, 1.82) is 0 Å². The molecule has 1 fully saturated rings. The van der Waals surface area contributed by atoms with Crippen LogP contribution in [0.5, 0.6) is 0 Å². The van der Waals surface area contributed by atoms with Gasteiger partial charge in [0.1, 0.15) is 6.04 Å². The minimum atomic E-state index is -0.645. The average molecular weight is 498 g/mol. The van der Waals surface area contributed by atoms with Crippen LogP contribution in [0.1, 0.15) is 35.7 Å². The summed E-state index contributed by atoms with van der Waals surface area (Å²) in [5.41, 5.74) is 1.73. The van der Waals surface area contributed by atoms with Crippen LogP contribution in [0.15, 0.2) is 60.7 Å². The van der Waals surface area contributed by atoms with E-state index >= 15 is 0 Å². The van der Waals surface area contributed by atoms with Crippen molar-refractivity contribution in [3.63, 3.8) is 0 Å². The largest absolute Gasteiger partial charge is 0.354 e. The molecule has 34 heavy (non-hydrogen) atoms. The van der Waals surface area contributed by atoms with Gasteiger partial charge in [-0.3, -0.25) is 14.5 Å². The summed E-state index contributed by atoms with van der Waals surface area (Å²) in [5, 5.41) is 8.99. The lowest BCUT2D eigenvalue weighted by Gasteiger charge is -2.32. The first-order valence-electron chi connectivity index (χ1n) is 11.6. The minimum Gasteiger partial charge on any atom is -0.354 e. The molecule has 178 valence electrons. The van der Waals surface area contributed by atoms with Crippen molar-refractivity contribution in [2.75, 3.05) is 19.6 Å². The Labute approximate surface area is 210 Å². The number of hydrogen-bond donors (Lipinski definition) is 2. The van der Waals surface area contributed by atoms with Crippen LogP contribution in [0, 0.1) is 5.92 Å². The first-order chi connectivity index (χ1) is 16.4. The van der Waals surface area contributed by atoms with E-state index in [0.717, 1.165) is 32.5 Å². The number of likely N-dealkylation sites (tertiary alicyclic amines) is 1. The summed E-state index contributed by atoms with van der Waals surface area (Å²) in [6, 6.07) is 19.0. The predicted molar refractivity (Wildman–Crippen MR) is 138 cm³/mol. The first-order valence-corrected chi connectivity index (χ1v) is 12.4. The van der Waals surface area contributed by atoms with Gasteiger partial charge in [0.05, 0.1) is 10.0 Å². The summed E-state index contributed by atoms with van der Waals surface area (Å²) in [7, 11) is 0. The van der Waals surface area contributed by atoms with E-state index in [2.05, 4.69) is 58.0 Å². The SMILES string of the molecule is C[C@H](NC(=O)c1ccc(Cl)c(Cl)c1)C(=O)NCC1CCN(Cc2cccc3ccccc23)CC1. The molecule has 0 aliphatic carbocycles. The number of rotatable bonds is 7. The van der Waals surface area contributed by atoms with Crippen LogP contribution >= 0.6 is 23.2 Å². The van der Waals surface area contributed by atoms with E-state index in [9.17, 15) is 9.59 Å². The Morgan fingerprint density at radius 1 is 1.00 bits per heavy atom. The lowest BCUT2D eigenvalue weighted by molar-refractivity contribution is -0.122. The van der Waals surface area contributed by atoms with Crippen molar-refractivity contribution in [3.8, 4) is 0 Å². The summed E-state index contributed by atoms with van der Waals surface area (Å²) in [6.07, 6.45) is 2.07. The summed E-state index contributed by atoms with van der Waals surface area (Å²) in [6.45, 7) is 5.25. The lowest BCUT2D eigenvalue weighted by atomic mass is 9.95. The first kappa shape index (κ1) is 24.5. The highest BCUT2D eigenvalue weighted by atomic mass is 35.5. The van der Waals surface area contributed by atoms with Crippen LogP contribution in [0.2, 0.25) is 10.0 Å². The van der Waals surface area contributed by atoms with Gasteiger partial charge in [0.15, 0.2) is 0 Å². The summed E-state index contributed by atoms with van der Waals surface area (Å²) in [5.74, 6) is -0.111. The number of carbonyl (C=O) groups is 2. The normalized spacial score (nSPS) is 15.7. The number of amides is 2. The Balaban J connectivity index is 1.21. The van der Waals surface area contributed by atoms with E-state index in [1.807, 2.05) is 0 Å². The van der Waals surface area contributed by atoms with Crippen LogP contribution < -0.4 is 10.6 Å². The fraction of sp³-hybridized carbons (Fsp3) is 0.333. The molecule has 2 amide bonds. The van der Waals surface area contributed by atoms with Crippen LogP contribution in [0.25, 0.3) is 10.8 Å². The molecule has 7 heteroatoms. The molecule has 1 heterocycles. The zero-order valence-electron chi connectivity index (χ0n) is 19.2. The van der Waals surface area contributed by atoms with Crippen molar-refractivity contribution < 1.29 is 9.59 Å². The molecule has 1 aliphatic rings. The Kier molecular flexibility index (Phi) is 8.09. The zero-order valence-corrected chi connectivity index (χ0v) is 20.7. The molecule has 1 atom stereocenters. The number of fused-ring (bicyclic) bond motifs is 1. The average Bonchev–Trinajstić information content (AvgIpc) is 2.85. The van der Waals surface area contributed by atoms with Crippen molar-refractivity contribution in [3.05, 3.63) is 81.8 Å². The van der Waals surface area contributed by atoms with Crippen molar-refractivity contribution in [2.24, 2.45) is 5.92 Å². The van der Waals surface area contributed by atoms with E-state index in [-0.39, 0.29) is 11.8 Å². The van der Waals surface area contributed by atoms with Gasteiger partial charge in [0.25, 0.3) is 5.91 Å². The number of carbonyl (C=O) groups excluding carboxylic acids is 2. The molecule has 0 spiro atoms. The van der Waals surface area contributed by atoms with Crippen molar-refractivity contribution in [1.82, 2.24) is 15.5 Å². The number of hydrogen-bond acceptors (Lipinski definition) is 3. The third-order valence-electron chi connectivity index (χ3n) is 6.47. The maximum absolute atomic E-state index is 12.5. The summed E-state index contributed by atoms with van der Waals surface area (Å²) >= 11 is 11.9. The molecule has 0 aromatic heterocycles. The number of benzene rings is 3. The molecule has 0 saturated carbocycles. The molecule has 2 N–H and O–H groups in total. The molecule has 1 aliphatic heterocycles. The van der Waals surface area contributed by atoms with Crippen LogP contribution in [-0.4, -0.2) is 42.4 Å². The number of piperidine rings is 1. The summed E-state index contributed by atoms with van der Waals surface area (Å²) in [4.78, 5) is 27.4. The monoisotopic (exact) mass is 497 g/mol. The standard InChI is InChI=1S/C27H29Cl2N3O2/c1-18(31-27(34)21-9-10-24(28)25(29)15-21)26(33)30-16-19-11-13-32(14-12-19)17-22-7-4-6-20-5-2-3-8-23(20)22/h2-10,15,18-19H,11-14,16-17H2,1H3,(H,30,33)(H,31,34)/t18-/m0/s1. The third-order valence-corrected chi connectivity index (χ3v) is 7.21. The molecular weight excluding hydrogens is 469 g/mol. The second-order valence-electron chi connectivity index (χ2n) is 8.93. The number of halogens is 2. The Bertz CT molecular complexity index is 1170. The van der Waals surface area contributed by atoms with Crippen LogP contribution in [0.3, 0.4) is 0 Å². The van der Waals surface area contributed by atoms with Crippen LogP contribution in [-0.2, 0) is 11.3 Å². The zero-order chi connectivity index (χ0) is 24.1. The van der Waals surface area contributed by atoms with E-state index in [4.69, 9.17) is 23.2 Å².